The molecule has 0 saturated carbocycles. The van der Waals surface area contributed by atoms with Gasteiger partial charge in [-0.25, -0.2) is 0 Å². The van der Waals surface area contributed by atoms with Crippen LogP contribution >= 0.6 is 0 Å². The van der Waals surface area contributed by atoms with Crippen LogP contribution in [0.15, 0.2) is 21.7 Å². The average Bonchev–Trinajstić information content (AvgIpc) is 2.10. The molecule has 3 nitrogen and oxygen atoms in total. The molecule has 0 fully saturated rings. The van der Waals surface area contributed by atoms with E-state index < -0.39 is 10.9 Å². The fourth-order valence-corrected chi connectivity index (χ4v) is 1.18. The van der Waals surface area contributed by atoms with E-state index in [1.54, 1.807) is 6.92 Å². The summed E-state index contributed by atoms with van der Waals surface area (Å²) in [5.41, 5.74) is 0.400. The van der Waals surface area contributed by atoms with E-state index in [0.29, 0.717) is 18.6 Å². The lowest BCUT2D eigenvalue weighted by atomic mass is 10.0. The third kappa shape index (κ3) is 1.69. The van der Waals surface area contributed by atoms with Crippen molar-refractivity contribution in [2.45, 2.75) is 20.3 Å². The van der Waals surface area contributed by atoms with Gasteiger partial charge in [0, 0.05) is 6.42 Å². The van der Waals surface area contributed by atoms with Crippen LogP contribution in [0.1, 0.15) is 19.4 Å². The summed E-state index contributed by atoms with van der Waals surface area (Å²) in [4.78, 5) is 22.0. The molecule has 0 saturated heterocycles. The molecular formula is C10H12O3. The molecule has 0 N–H and O–H groups in total. The van der Waals surface area contributed by atoms with Gasteiger partial charge >= 0.3 is 0 Å². The molecule has 0 aromatic heterocycles. The monoisotopic (exact) mass is 180 g/mol. The van der Waals surface area contributed by atoms with Gasteiger partial charge in [-0.05, 0) is 13.8 Å². The van der Waals surface area contributed by atoms with E-state index in [4.69, 9.17) is 4.74 Å². The van der Waals surface area contributed by atoms with Crippen LogP contribution in [0.4, 0.5) is 0 Å². The lowest BCUT2D eigenvalue weighted by Crippen LogP contribution is -2.37. The molecule has 13 heavy (non-hydrogen) atoms. The molecule has 0 unspecified atom stereocenters. The SMILES string of the molecule is C=C(C)Cc1c(OCC)c(=O)c1=O. The third-order valence-corrected chi connectivity index (χ3v) is 1.73. The van der Waals surface area contributed by atoms with Crippen LogP contribution in [-0.4, -0.2) is 6.61 Å². The van der Waals surface area contributed by atoms with Crippen molar-refractivity contribution < 1.29 is 4.74 Å². The number of hydrogen-bond donors (Lipinski definition) is 0. The molecule has 0 spiro atoms. The summed E-state index contributed by atoms with van der Waals surface area (Å²) in [6.45, 7) is 7.68. The third-order valence-electron chi connectivity index (χ3n) is 1.73. The van der Waals surface area contributed by atoms with Crippen LogP contribution < -0.4 is 15.6 Å². The van der Waals surface area contributed by atoms with Gasteiger partial charge in [0.05, 0.1) is 12.2 Å². The zero-order valence-corrected chi connectivity index (χ0v) is 7.85. The molecule has 0 bridgehead atoms. The highest BCUT2D eigenvalue weighted by Gasteiger charge is 2.21. The van der Waals surface area contributed by atoms with Crippen molar-refractivity contribution in [3.8, 4) is 5.75 Å². The zero-order valence-electron chi connectivity index (χ0n) is 7.85. The summed E-state index contributed by atoms with van der Waals surface area (Å²) in [6, 6.07) is 0. The second-order valence-electron chi connectivity index (χ2n) is 3.03. The summed E-state index contributed by atoms with van der Waals surface area (Å²) < 4.78 is 5.04. The summed E-state index contributed by atoms with van der Waals surface area (Å²) in [5.74, 6) is 0.232. The van der Waals surface area contributed by atoms with E-state index in [2.05, 4.69) is 6.58 Å². The largest absolute Gasteiger partial charge is 0.489 e. The van der Waals surface area contributed by atoms with Crippen LogP contribution in [0.25, 0.3) is 0 Å². The van der Waals surface area contributed by atoms with Gasteiger partial charge in [-0.15, -0.1) is 0 Å². The zero-order chi connectivity index (χ0) is 10.0. The van der Waals surface area contributed by atoms with E-state index in [0.717, 1.165) is 5.57 Å². The second-order valence-corrected chi connectivity index (χ2v) is 3.03. The highest BCUT2D eigenvalue weighted by Crippen LogP contribution is 2.14. The van der Waals surface area contributed by atoms with Crippen molar-refractivity contribution in [2.75, 3.05) is 6.61 Å². The van der Waals surface area contributed by atoms with Gasteiger partial charge in [0.1, 0.15) is 0 Å². The Kier molecular flexibility index (Phi) is 2.66. The van der Waals surface area contributed by atoms with E-state index in [-0.39, 0.29) is 5.75 Å². The predicted octanol–water partition coefficient (Wildman–Crippen LogP) is 0.800. The molecular weight excluding hydrogens is 168 g/mol. The molecule has 0 atom stereocenters. The lowest BCUT2D eigenvalue weighted by molar-refractivity contribution is 0.328. The normalized spacial score (nSPS) is 10.3. The number of rotatable bonds is 4. The highest BCUT2D eigenvalue weighted by molar-refractivity contribution is 5.41. The van der Waals surface area contributed by atoms with E-state index in [1.165, 1.54) is 0 Å². The molecule has 0 aliphatic carbocycles. The Morgan fingerprint density at radius 2 is 2.00 bits per heavy atom. The molecule has 3 heteroatoms. The van der Waals surface area contributed by atoms with Gasteiger partial charge in [-0.1, -0.05) is 12.2 Å². The Balaban J connectivity index is 2.94. The molecule has 70 valence electrons. The maximum atomic E-state index is 11.1. The van der Waals surface area contributed by atoms with Crippen molar-refractivity contribution in [1.29, 1.82) is 0 Å². The Morgan fingerprint density at radius 3 is 2.46 bits per heavy atom. The van der Waals surface area contributed by atoms with Crippen LogP contribution in [-0.2, 0) is 6.42 Å². The minimum absolute atomic E-state index is 0.232. The van der Waals surface area contributed by atoms with Gasteiger partial charge in [-0.2, -0.15) is 0 Å². The average molecular weight is 180 g/mol. The minimum atomic E-state index is -0.502. The second kappa shape index (κ2) is 3.56. The van der Waals surface area contributed by atoms with Crippen LogP contribution in [0.5, 0.6) is 5.75 Å². The molecule has 0 heterocycles. The topological polar surface area (TPSA) is 43.4 Å². The first-order valence-corrected chi connectivity index (χ1v) is 4.17. The van der Waals surface area contributed by atoms with Crippen LogP contribution in [0.2, 0.25) is 0 Å². The molecule has 1 aromatic carbocycles. The Labute approximate surface area is 76.3 Å². The van der Waals surface area contributed by atoms with Gasteiger partial charge in [0.15, 0.2) is 5.75 Å². The Morgan fingerprint density at radius 1 is 1.38 bits per heavy atom. The van der Waals surface area contributed by atoms with Gasteiger partial charge in [0.2, 0.25) is 5.43 Å². The number of ether oxygens (including phenoxy) is 1. The minimum Gasteiger partial charge on any atom is -0.489 e. The van der Waals surface area contributed by atoms with Crippen molar-refractivity contribution in [3.05, 3.63) is 38.2 Å². The Hall–Kier alpha value is -1.38. The van der Waals surface area contributed by atoms with E-state index in [1.807, 2.05) is 6.92 Å². The summed E-state index contributed by atoms with van der Waals surface area (Å²) in [5, 5.41) is 0. The maximum absolute atomic E-state index is 11.1. The summed E-state index contributed by atoms with van der Waals surface area (Å²) in [7, 11) is 0. The molecule has 1 aromatic rings. The maximum Gasteiger partial charge on any atom is 0.268 e. The fourth-order valence-electron chi connectivity index (χ4n) is 1.18. The van der Waals surface area contributed by atoms with Crippen molar-refractivity contribution in [3.63, 3.8) is 0 Å². The van der Waals surface area contributed by atoms with Crippen molar-refractivity contribution in [2.24, 2.45) is 0 Å². The van der Waals surface area contributed by atoms with E-state index >= 15 is 0 Å². The fraction of sp³-hybridized carbons (Fsp3) is 0.400. The van der Waals surface area contributed by atoms with Crippen molar-refractivity contribution in [1.82, 2.24) is 0 Å². The van der Waals surface area contributed by atoms with Crippen LogP contribution in [0, 0.1) is 0 Å². The standard InChI is InChI=1S/C10H12O3/c1-4-13-10-7(5-6(2)3)8(11)9(10)12/h2,4-5H2,1,3H3. The summed E-state index contributed by atoms with van der Waals surface area (Å²) in [6.07, 6.45) is 0.444. The van der Waals surface area contributed by atoms with Crippen molar-refractivity contribution >= 4 is 0 Å². The van der Waals surface area contributed by atoms with E-state index in [9.17, 15) is 9.59 Å². The lowest BCUT2D eigenvalue weighted by Gasteiger charge is -2.10. The predicted molar refractivity (Wildman–Crippen MR) is 51.0 cm³/mol. The highest BCUT2D eigenvalue weighted by atomic mass is 16.5. The number of hydrogen-bond acceptors (Lipinski definition) is 3. The first kappa shape index (κ1) is 9.71. The summed E-state index contributed by atoms with van der Waals surface area (Å²) >= 11 is 0. The molecule has 0 aliphatic heterocycles. The van der Waals surface area contributed by atoms with Crippen LogP contribution in [0.3, 0.4) is 0 Å². The molecule has 0 aliphatic rings. The quantitative estimate of drug-likeness (QED) is 0.508. The van der Waals surface area contributed by atoms with Gasteiger partial charge in [-0.3, -0.25) is 9.59 Å². The molecule has 0 radical (unpaired) electrons. The number of allylic oxidation sites excluding steroid dienone is 1. The first-order valence-electron chi connectivity index (χ1n) is 4.17. The van der Waals surface area contributed by atoms with Gasteiger partial charge < -0.3 is 4.74 Å². The Bertz CT molecular complexity index is 394. The molecule has 1 rings (SSSR count). The first-order chi connectivity index (χ1) is 6.07. The molecule has 0 amide bonds. The smallest absolute Gasteiger partial charge is 0.268 e. The van der Waals surface area contributed by atoms with Gasteiger partial charge in [0.25, 0.3) is 5.43 Å².